The fourth-order valence-electron chi connectivity index (χ4n) is 3.52. The third-order valence-corrected chi connectivity index (χ3v) is 4.89. The highest BCUT2D eigenvalue weighted by molar-refractivity contribution is 6.61. The van der Waals surface area contributed by atoms with Gasteiger partial charge in [0.05, 0.1) is 11.3 Å². The Morgan fingerprint density at radius 3 is 2.54 bits per heavy atom. The number of fused-ring (bicyclic) bond motifs is 1. The minimum atomic E-state index is -3.38. The van der Waals surface area contributed by atoms with Crippen LogP contribution in [0, 0.1) is 5.92 Å². The van der Waals surface area contributed by atoms with Crippen LogP contribution in [0.3, 0.4) is 0 Å². The average Bonchev–Trinajstić information content (AvgIpc) is 2.55. The number of carbonyl (C=O) groups excluding carboxylic acids is 1. The molecule has 1 aromatic carbocycles. The zero-order valence-corrected chi connectivity index (χ0v) is 13.3. The molecule has 24 heavy (non-hydrogen) atoms. The smallest absolute Gasteiger partial charge is 0.452 e. The molecule has 0 saturated heterocycles. The second-order valence-corrected chi connectivity index (χ2v) is 6.63. The van der Waals surface area contributed by atoms with Crippen molar-refractivity contribution in [2.75, 3.05) is 0 Å². The Labute approximate surface area is 139 Å². The molecule has 0 unspecified atom stereocenters. The first-order valence-electron chi connectivity index (χ1n) is 8.32. The molecule has 3 rings (SSSR count). The summed E-state index contributed by atoms with van der Waals surface area (Å²) < 4.78 is 5.19. The third kappa shape index (κ3) is 3.25. The van der Waals surface area contributed by atoms with Crippen LogP contribution < -0.4 is 9.97 Å². The molecule has 2 aliphatic rings. The van der Waals surface area contributed by atoms with Crippen molar-refractivity contribution in [1.82, 2.24) is 5.32 Å². The first-order chi connectivity index (χ1) is 11.4. The van der Waals surface area contributed by atoms with Crippen molar-refractivity contribution in [2.45, 2.75) is 44.5 Å². The van der Waals surface area contributed by atoms with Crippen molar-refractivity contribution in [3.63, 3.8) is 0 Å². The van der Waals surface area contributed by atoms with Gasteiger partial charge in [-0.3, -0.25) is 4.79 Å². The van der Waals surface area contributed by atoms with Gasteiger partial charge in [-0.2, -0.15) is 0 Å². The lowest BCUT2D eigenvalue weighted by Crippen LogP contribution is -2.65. The highest BCUT2D eigenvalue weighted by atomic mass is 16.6. The van der Waals surface area contributed by atoms with Gasteiger partial charge in [-0.05, 0) is 30.9 Å². The molecule has 130 valence electrons. The lowest BCUT2D eigenvalue weighted by Gasteiger charge is -2.44. The summed E-state index contributed by atoms with van der Waals surface area (Å²) in [5, 5.41) is 32.3. The van der Waals surface area contributed by atoms with Crippen LogP contribution in [0.15, 0.2) is 18.2 Å². The molecule has 1 amide bonds. The van der Waals surface area contributed by atoms with Gasteiger partial charge in [0.2, 0.25) is 5.91 Å². The Hall–Kier alpha value is -2.06. The first-order valence-corrected chi connectivity index (χ1v) is 8.32. The highest BCUT2D eigenvalue weighted by Crippen LogP contribution is 2.33. The molecule has 1 aromatic rings. The molecular weight excluding hydrogens is 313 g/mol. The molecule has 0 radical (unpaired) electrons. The van der Waals surface area contributed by atoms with E-state index in [2.05, 4.69) is 5.32 Å². The van der Waals surface area contributed by atoms with E-state index < -0.39 is 18.7 Å². The van der Waals surface area contributed by atoms with E-state index in [-0.39, 0.29) is 29.6 Å². The predicted molar refractivity (Wildman–Crippen MR) is 86.4 cm³/mol. The summed E-state index contributed by atoms with van der Waals surface area (Å²) >= 11 is 0. The van der Waals surface area contributed by atoms with E-state index in [1.165, 1.54) is 6.07 Å². The Morgan fingerprint density at radius 1 is 1.17 bits per heavy atom. The van der Waals surface area contributed by atoms with E-state index in [9.17, 15) is 24.7 Å². The van der Waals surface area contributed by atoms with Crippen molar-refractivity contribution in [2.24, 2.45) is 5.92 Å². The Balaban J connectivity index is 1.79. The molecule has 1 heterocycles. The Kier molecular flexibility index (Phi) is 4.51. The number of hydrogen-bond donors (Lipinski definition) is 4. The van der Waals surface area contributed by atoms with E-state index in [1.54, 1.807) is 12.1 Å². The van der Waals surface area contributed by atoms with Gasteiger partial charge in [-0.25, -0.2) is 4.79 Å². The fraction of sp³-hybridized carbons (Fsp3) is 0.500. The van der Waals surface area contributed by atoms with Gasteiger partial charge < -0.3 is 25.1 Å². The summed E-state index contributed by atoms with van der Waals surface area (Å²) in [5.74, 6) is -2.55. The number of nitrogens with one attached hydrogen (secondary N) is 1. The maximum atomic E-state index is 12.4. The summed E-state index contributed by atoms with van der Waals surface area (Å²) in [6.45, 7) is -3.38. The molecule has 0 aromatic heterocycles. The lowest BCUT2D eigenvalue weighted by molar-refractivity contribution is -0.126. The van der Waals surface area contributed by atoms with Crippen LogP contribution in [-0.2, 0) is 11.2 Å². The molecule has 0 spiro atoms. The maximum absolute atomic E-state index is 12.4. The van der Waals surface area contributed by atoms with Gasteiger partial charge in [0.15, 0.2) is 0 Å². The minimum absolute atomic E-state index is 0.0434. The second kappa shape index (κ2) is 6.45. The third-order valence-electron chi connectivity index (χ3n) is 4.89. The van der Waals surface area contributed by atoms with Crippen molar-refractivity contribution < 1.29 is 29.4 Å². The SMILES string of the molecule is O=C(O)c1cccc2c1O[B-](O)(O)[C@@H](NC(=O)C1CCCCC1)C2. The number of rotatable bonds is 3. The van der Waals surface area contributed by atoms with Crippen molar-refractivity contribution in [3.8, 4) is 5.75 Å². The van der Waals surface area contributed by atoms with Gasteiger partial charge in [0.1, 0.15) is 0 Å². The van der Waals surface area contributed by atoms with Crippen LogP contribution in [0.4, 0.5) is 0 Å². The van der Waals surface area contributed by atoms with Gasteiger partial charge in [-0.15, -0.1) is 0 Å². The van der Waals surface area contributed by atoms with Crippen LogP contribution in [0.5, 0.6) is 5.75 Å². The van der Waals surface area contributed by atoms with E-state index in [4.69, 9.17) is 4.65 Å². The molecule has 1 atom stereocenters. The number of carboxylic acid groups (broad SMARTS) is 1. The number of carbonyl (C=O) groups is 2. The van der Waals surface area contributed by atoms with Crippen LogP contribution in [0.25, 0.3) is 0 Å². The van der Waals surface area contributed by atoms with Crippen molar-refractivity contribution >= 4 is 18.6 Å². The minimum Gasteiger partial charge on any atom is -0.668 e. The number of para-hydroxylation sites is 1. The summed E-state index contributed by atoms with van der Waals surface area (Å²) in [6.07, 6.45) is 4.83. The van der Waals surface area contributed by atoms with Gasteiger partial charge in [0.25, 0.3) is 0 Å². The molecule has 1 aliphatic carbocycles. The second-order valence-electron chi connectivity index (χ2n) is 6.63. The Morgan fingerprint density at radius 2 is 1.88 bits per heavy atom. The average molecular weight is 334 g/mol. The molecule has 1 aliphatic heterocycles. The first kappa shape index (κ1) is 16.8. The molecular formula is C16H21BNO6-. The Bertz CT molecular complexity index is 656. The summed E-state index contributed by atoms with van der Waals surface area (Å²) in [5.41, 5.74) is 0.406. The van der Waals surface area contributed by atoms with Crippen LogP contribution in [0.1, 0.15) is 48.0 Å². The zero-order valence-electron chi connectivity index (χ0n) is 13.3. The molecule has 1 saturated carbocycles. The largest absolute Gasteiger partial charge is 0.668 e. The van der Waals surface area contributed by atoms with Crippen molar-refractivity contribution in [1.29, 1.82) is 0 Å². The number of benzene rings is 1. The standard InChI is InChI=1S/C16H21BNO6/c19-15(10-5-2-1-3-6-10)18-13-9-11-7-4-8-12(16(20)21)14(11)24-17(13,22)23/h4,7-8,10,13,22-23H,1-3,5-6,9H2,(H,18,19)(H,20,21)/q-1/t13-/m0/s1. The number of aromatic carboxylic acids is 1. The van der Waals surface area contributed by atoms with Gasteiger partial charge in [-0.1, -0.05) is 31.4 Å². The van der Waals surface area contributed by atoms with E-state index in [0.717, 1.165) is 32.1 Å². The molecule has 7 nitrogen and oxygen atoms in total. The van der Waals surface area contributed by atoms with Crippen molar-refractivity contribution in [3.05, 3.63) is 29.3 Å². The summed E-state index contributed by atoms with van der Waals surface area (Å²) in [4.78, 5) is 23.6. The topological polar surface area (TPSA) is 116 Å². The van der Waals surface area contributed by atoms with E-state index >= 15 is 0 Å². The zero-order chi connectivity index (χ0) is 17.3. The van der Waals surface area contributed by atoms with Gasteiger partial charge >= 0.3 is 12.7 Å². The van der Waals surface area contributed by atoms with E-state index in [0.29, 0.717) is 5.56 Å². The number of hydrogen-bond acceptors (Lipinski definition) is 5. The van der Waals surface area contributed by atoms with Crippen LogP contribution >= 0.6 is 0 Å². The normalized spacial score (nSPS) is 23.0. The summed E-state index contributed by atoms with van der Waals surface area (Å²) in [7, 11) is 0. The lowest BCUT2D eigenvalue weighted by atomic mass is 9.64. The molecule has 8 heteroatoms. The number of carboxylic acids is 1. The van der Waals surface area contributed by atoms with Crippen LogP contribution in [-0.4, -0.2) is 39.7 Å². The summed E-state index contributed by atoms with van der Waals surface area (Å²) in [6, 6.07) is 4.57. The quantitative estimate of drug-likeness (QED) is 0.609. The molecule has 4 N–H and O–H groups in total. The van der Waals surface area contributed by atoms with E-state index in [1.807, 2.05) is 0 Å². The monoisotopic (exact) mass is 334 g/mol. The highest BCUT2D eigenvalue weighted by Gasteiger charge is 2.41. The molecule has 1 fully saturated rings. The predicted octanol–water partition coefficient (Wildman–Crippen LogP) is 0.847. The number of amides is 1. The fourth-order valence-corrected chi connectivity index (χ4v) is 3.52. The maximum Gasteiger partial charge on any atom is 0.452 e. The van der Waals surface area contributed by atoms with Gasteiger partial charge in [0, 0.05) is 11.9 Å². The van der Waals surface area contributed by atoms with Crippen LogP contribution in [0.2, 0.25) is 0 Å². The molecule has 0 bridgehead atoms.